The third kappa shape index (κ3) is 4.79. The summed E-state index contributed by atoms with van der Waals surface area (Å²) in [4.78, 5) is 36.8. The zero-order chi connectivity index (χ0) is 27.1. The maximum absolute atomic E-state index is 14.8. The first-order valence-corrected chi connectivity index (χ1v) is 11.8. The first-order valence-electron chi connectivity index (χ1n) is 10.9. The van der Waals surface area contributed by atoms with Crippen molar-refractivity contribution >= 4 is 40.2 Å². The first kappa shape index (κ1) is 25.3. The van der Waals surface area contributed by atoms with Crippen LogP contribution in [0, 0.1) is 5.82 Å². The molecule has 0 spiro atoms. The molecule has 1 aliphatic rings. The molecule has 2 amide bonds. The second-order valence-corrected chi connectivity index (χ2v) is 9.26. The lowest BCUT2D eigenvalue weighted by Gasteiger charge is -2.14. The van der Waals surface area contributed by atoms with E-state index in [0.717, 1.165) is 28.4 Å². The van der Waals surface area contributed by atoms with Crippen LogP contribution >= 0.6 is 11.3 Å². The summed E-state index contributed by atoms with van der Waals surface area (Å²) < 4.78 is 59.3. The molecule has 196 valence electrons. The number of thiazole rings is 1. The highest BCUT2D eigenvalue weighted by atomic mass is 32.1. The van der Waals surface area contributed by atoms with Gasteiger partial charge in [-0.05, 0) is 30.0 Å². The second kappa shape index (κ2) is 9.48. The fraction of sp³-hybridized carbons (Fsp3) is 0.217. The van der Waals surface area contributed by atoms with E-state index in [2.05, 4.69) is 25.4 Å². The van der Waals surface area contributed by atoms with Crippen LogP contribution in [0.4, 0.5) is 39.3 Å². The van der Waals surface area contributed by atoms with E-state index in [4.69, 9.17) is 4.52 Å². The highest BCUT2D eigenvalue weighted by Gasteiger charge is 2.66. The Morgan fingerprint density at radius 2 is 1.87 bits per heavy atom. The van der Waals surface area contributed by atoms with Crippen molar-refractivity contribution in [2.24, 2.45) is 0 Å². The minimum Gasteiger partial charge on any atom is -0.464 e. The van der Waals surface area contributed by atoms with E-state index in [1.54, 1.807) is 5.38 Å². The van der Waals surface area contributed by atoms with Gasteiger partial charge in [0.05, 0.1) is 6.42 Å². The summed E-state index contributed by atoms with van der Waals surface area (Å²) in [7, 11) is 0. The third-order valence-corrected chi connectivity index (χ3v) is 6.68. The summed E-state index contributed by atoms with van der Waals surface area (Å²) in [5.41, 5.74) is -1.28. The Bertz CT molecular complexity index is 1490. The van der Waals surface area contributed by atoms with Gasteiger partial charge >= 0.3 is 12.3 Å². The van der Waals surface area contributed by atoms with Crippen LogP contribution in [0.25, 0.3) is 11.1 Å². The van der Waals surface area contributed by atoms with Gasteiger partial charge in [-0.3, -0.25) is 4.79 Å². The minimum atomic E-state index is -4.49. The van der Waals surface area contributed by atoms with Gasteiger partial charge in [-0.15, -0.1) is 11.3 Å². The van der Waals surface area contributed by atoms with Crippen LogP contribution in [0.3, 0.4) is 0 Å². The molecule has 1 aromatic carbocycles. The maximum atomic E-state index is 14.8. The number of carbonyl (C=O) groups is 2. The second-order valence-electron chi connectivity index (χ2n) is 8.39. The molecule has 0 aliphatic heterocycles. The molecule has 1 aliphatic carbocycles. The van der Waals surface area contributed by atoms with Crippen molar-refractivity contribution in [3.63, 3.8) is 0 Å². The number of benzene rings is 1. The summed E-state index contributed by atoms with van der Waals surface area (Å²) in [5, 5.41) is 17.0. The molecule has 3 heterocycles. The molecule has 0 bridgehead atoms. The number of hydrogen-bond donors (Lipinski definition) is 2. The molecule has 1 fully saturated rings. The summed E-state index contributed by atoms with van der Waals surface area (Å²) in [6.45, 7) is 0. The van der Waals surface area contributed by atoms with E-state index in [-0.39, 0.29) is 41.1 Å². The molecule has 0 saturated heterocycles. The SMILES string of the molecule is O=C(Cc1ccc(-c2cnc(N(C(=O)O)c3nccs3)nc2)cc1F)Nc1cc(C2(C(F)(F)F)CC2)on1. The number of amides is 2. The number of nitrogens with one attached hydrogen (secondary N) is 1. The van der Waals surface area contributed by atoms with Crippen molar-refractivity contribution in [3.8, 4) is 11.1 Å². The van der Waals surface area contributed by atoms with E-state index in [1.807, 2.05) is 0 Å². The summed E-state index contributed by atoms with van der Waals surface area (Å²) in [6.07, 6.45) is -2.37. The van der Waals surface area contributed by atoms with Crippen LogP contribution in [0.1, 0.15) is 24.2 Å². The van der Waals surface area contributed by atoms with Crippen molar-refractivity contribution < 1.29 is 36.8 Å². The molecule has 0 atom stereocenters. The highest BCUT2D eigenvalue weighted by Crippen LogP contribution is 2.59. The number of nitrogens with zero attached hydrogens (tertiary/aromatic N) is 5. The zero-order valence-corrected chi connectivity index (χ0v) is 19.9. The Morgan fingerprint density at radius 3 is 2.45 bits per heavy atom. The average Bonchev–Trinajstić information content (AvgIpc) is 3.28. The number of carboxylic acid groups (broad SMARTS) is 1. The van der Waals surface area contributed by atoms with E-state index in [9.17, 15) is 32.3 Å². The lowest BCUT2D eigenvalue weighted by molar-refractivity contribution is -0.165. The van der Waals surface area contributed by atoms with Crippen LogP contribution < -0.4 is 10.2 Å². The summed E-state index contributed by atoms with van der Waals surface area (Å²) in [5.74, 6) is -2.11. The number of anilines is 3. The van der Waals surface area contributed by atoms with Crippen molar-refractivity contribution in [3.05, 3.63) is 65.4 Å². The molecular formula is C23H16F4N6O4S. The normalized spacial score (nSPS) is 14.2. The van der Waals surface area contributed by atoms with Crippen LogP contribution in [0.15, 0.2) is 52.8 Å². The standard InChI is InChI=1S/C23H16F4N6O4S/c24-15-7-12(14-10-29-19(30-11-14)33(21(35)36)20-28-5-6-38-20)1-2-13(15)8-18(34)31-17-9-16(37-32-17)22(3-4-22)23(25,26)27/h1-2,5-7,9-11H,3-4,8H2,(H,35,36)(H,31,32,34). The monoisotopic (exact) mass is 548 g/mol. The Balaban J connectivity index is 1.25. The van der Waals surface area contributed by atoms with Crippen molar-refractivity contribution in [2.45, 2.75) is 30.9 Å². The smallest absolute Gasteiger partial charge is 0.420 e. The highest BCUT2D eigenvalue weighted by molar-refractivity contribution is 7.13. The number of alkyl halides is 3. The number of carbonyl (C=O) groups excluding carboxylic acids is 1. The molecule has 2 N–H and O–H groups in total. The van der Waals surface area contributed by atoms with Gasteiger partial charge in [0.2, 0.25) is 17.0 Å². The molecule has 0 unspecified atom stereocenters. The van der Waals surface area contributed by atoms with Gasteiger partial charge in [0.15, 0.2) is 11.6 Å². The van der Waals surface area contributed by atoms with Gasteiger partial charge in [-0.2, -0.15) is 18.1 Å². The van der Waals surface area contributed by atoms with Crippen LogP contribution in [-0.4, -0.2) is 43.4 Å². The Kier molecular flexibility index (Phi) is 6.30. The van der Waals surface area contributed by atoms with Crippen molar-refractivity contribution in [1.82, 2.24) is 20.1 Å². The third-order valence-electron chi connectivity index (χ3n) is 5.92. The predicted molar refractivity (Wildman–Crippen MR) is 126 cm³/mol. The molecule has 15 heteroatoms. The molecule has 38 heavy (non-hydrogen) atoms. The summed E-state index contributed by atoms with van der Waals surface area (Å²) in [6, 6.07) is 5.08. The Hall–Kier alpha value is -4.40. The van der Waals surface area contributed by atoms with Crippen molar-refractivity contribution in [2.75, 3.05) is 10.2 Å². The fourth-order valence-corrected chi connectivity index (χ4v) is 4.38. The van der Waals surface area contributed by atoms with Gasteiger partial charge in [0.25, 0.3) is 0 Å². The molecule has 10 nitrogen and oxygen atoms in total. The van der Waals surface area contributed by atoms with E-state index >= 15 is 0 Å². The van der Waals surface area contributed by atoms with Gasteiger partial charge in [-0.25, -0.2) is 24.1 Å². The topological polar surface area (TPSA) is 134 Å². The average molecular weight is 548 g/mol. The number of rotatable bonds is 7. The zero-order valence-electron chi connectivity index (χ0n) is 19.1. The first-order chi connectivity index (χ1) is 18.1. The van der Waals surface area contributed by atoms with Gasteiger partial charge in [-0.1, -0.05) is 17.3 Å². The molecule has 4 aromatic rings. The molecule has 5 rings (SSSR count). The van der Waals surface area contributed by atoms with Crippen LogP contribution in [-0.2, 0) is 16.6 Å². The quantitative estimate of drug-likeness (QED) is 0.297. The largest absolute Gasteiger partial charge is 0.464 e. The Morgan fingerprint density at radius 1 is 1.13 bits per heavy atom. The Labute approximate surface area is 215 Å². The number of aromatic nitrogens is 4. The molecule has 0 radical (unpaired) electrons. The minimum absolute atomic E-state index is 0.0299. The van der Waals surface area contributed by atoms with Gasteiger partial charge < -0.3 is 14.9 Å². The summed E-state index contributed by atoms with van der Waals surface area (Å²) >= 11 is 1.09. The molecule has 1 saturated carbocycles. The van der Waals surface area contributed by atoms with E-state index in [1.165, 1.54) is 30.7 Å². The predicted octanol–water partition coefficient (Wildman–Crippen LogP) is 5.32. The number of hydrogen-bond acceptors (Lipinski definition) is 8. The lowest BCUT2D eigenvalue weighted by Crippen LogP contribution is -2.28. The van der Waals surface area contributed by atoms with Crippen LogP contribution in [0.2, 0.25) is 0 Å². The van der Waals surface area contributed by atoms with Gasteiger partial charge in [0, 0.05) is 35.6 Å². The lowest BCUT2D eigenvalue weighted by atomic mass is 10.0. The fourth-order valence-electron chi connectivity index (χ4n) is 3.75. The van der Waals surface area contributed by atoms with E-state index < -0.39 is 35.8 Å². The van der Waals surface area contributed by atoms with E-state index in [0.29, 0.717) is 11.1 Å². The molecular weight excluding hydrogens is 532 g/mol. The van der Waals surface area contributed by atoms with Crippen LogP contribution in [0.5, 0.6) is 0 Å². The maximum Gasteiger partial charge on any atom is 0.420 e. The van der Waals surface area contributed by atoms with Crippen molar-refractivity contribution in [1.29, 1.82) is 0 Å². The molecule has 3 aromatic heterocycles. The van der Waals surface area contributed by atoms with Gasteiger partial charge in [0.1, 0.15) is 11.2 Å². The number of halogens is 4.